The molecule has 0 aromatic carbocycles. The molecule has 0 bridgehead atoms. The number of amides is 2. The van der Waals surface area contributed by atoms with E-state index in [1.165, 1.54) is 0 Å². The minimum Gasteiger partial charge on any atom is -0.385 e. The van der Waals surface area contributed by atoms with Gasteiger partial charge in [-0.1, -0.05) is 0 Å². The number of nitrogens with one attached hydrogen (secondary N) is 2. The van der Waals surface area contributed by atoms with Gasteiger partial charge in [0.05, 0.1) is 12.6 Å². The zero-order valence-corrected chi connectivity index (χ0v) is 12.5. The molecule has 0 saturated carbocycles. The number of methoxy groups -OCH3 is 1. The fraction of sp³-hybridized carbons (Fsp3) is 0.846. The van der Waals surface area contributed by atoms with Crippen LogP contribution in [0.25, 0.3) is 0 Å². The molecule has 0 aliphatic rings. The second-order valence-electron chi connectivity index (χ2n) is 4.31. The SMILES string of the molecule is CCN(CC)C(=O)C(C)NCC(=O)NCCCOC. The lowest BCUT2D eigenvalue weighted by Crippen LogP contribution is -2.47. The van der Waals surface area contributed by atoms with Crippen molar-refractivity contribution in [3.63, 3.8) is 0 Å². The van der Waals surface area contributed by atoms with E-state index < -0.39 is 0 Å². The van der Waals surface area contributed by atoms with E-state index in [-0.39, 0.29) is 24.4 Å². The van der Waals surface area contributed by atoms with Gasteiger partial charge in [0.15, 0.2) is 0 Å². The molecule has 112 valence electrons. The van der Waals surface area contributed by atoms with Crippen LogP contribution >= 0.6 is 0 Å². The maximum absolute atomic E-state index is 11.9. The summed E-state index contributed by atoms with van der Waals surface area (Å²) in [7, 11) is 1.63. The standard InChI is InChI=1S/C13H27N3O3/c1-5-16(6-2)13(18)11(3)15-10-12(17)14-8-7-9-19-4/h11,15H,5-10H2,1-4H3,(H,14,17). The third kappa shape index (κ3) is 7.79. The van der Waals surface area contributed by atoms with Gasteiger partial charge in [0, 0.05) is 33.4 Å². The Morgan fingerprint density at radius 1 is 1.26 bits per heavy atom. The fourth-order valence-corrected chi connectivity index (χ4v) is 1.65. The molecule has 6 nitrogen and oxygen atoms in total. The van der Waals surface area contributed by atoms with Gasteiger partial charge >= 0.3 is 0 Å². The molecule has 0 saturated heterocycles. The predicted molar refractivity (Wildman–Crippen MR) is 74.9 cm³/mol. The average Bonchev–Trinajstić information content (AvgIpc) is 2.42. The van der Waals surface area contributed by atoms with Gasteiger partial charge in [-0.15, -0.1) is 0 Å². The monoisotopic (exact) mass is 273 g/mol. The van der Waals surface area contributed by atoms with Crippen molar-refractivity contribution in [3.8, 4) is 0 Å². The maximum Gasteiger partial charge on any atom is 0.239 e. The van der Waals surface area contributed by atoms with Crippen molar-refractivity contribution in [2.45, 2.75) is 33.2 Å². The first-order valence-electron chi connectivity index (χ1n) is 6.84. The second-order valence-corrected chi connectivity index (χ2v) is 4.31. The Morgan fingerprint density at radius 2 is 1.89 bits per heavy atom. The first-order chi connectivity index (χ1) is 9.06. The molecule has 0 radical (unpaired) electrons. The van der Waals surface area contributed by atoms with Gasteiger partial charge in [-0.25, -0.2) is 0 Å². The van der Waals surface area contributed by atoms with E-state index in [0.29, 0.717) is 26.2 Å². The van der Waals surface area contributed by atoms with Crippen LogP contribution in [0.2, 0.25) is 0 Å². The number of ether oxygens (including phenoxy) is 1. The summed E-state index contributed by atoms with van der Waals surface area (Å²) in [6, 6.07) is -0.343. The highest BCUT2D eigenvalue weighted by molar-refractivity contribution is 5.83. The number of carbonyl (C=O) groups excluding carboxylic acids is 2. The van der Waals surface area contributed by atoms with Crippen molar-refractivity contribution in [1.29, 1.82) is 0 Å². The number of carbonyl (C=O) groups is 2. The number of hydrogen-bond donors (Lipinski definition) is 2. The van der Waals surface area contributed by atoms with Gasteiger partial charge in [0.2, 0.25) is 11.8 Å². The average molecular weight is 273 g/mol. The summed E-state index contributed by atoms with van der Waals surface area (Å²) >= 11 is 0. The van der Waals surface area contributed by atoms with Crippen molar-refractivity contribution < 1.29 is 14.3 Å². The minimum absolute atomic E-state index is 0.0252. The summed E-state index contributed by atoms with van der Waals surface area (Å²) in [5, 5.41) is 5.70. The molecule has 1 unspecified atom stereocenters. The minimum atomic E-state index is -0.343. The molecular formula is C13H27N3O3. The molecule has 2 N–H and O–H groups in total. The molecule has 0 fully saturated rings. The molecule has 0 heterocycles. The normalized spacial score (nSPS) is 12.0. The van der Waals surface area contributed by atoms with Crippen LogP contribution in [0, 0.1) is 0 Å². The molecule has 2 amide bonds. The van der Waals surface area contributed by atoms with Crippen molar-refractivity contribution >= 4 is 11.8 Å². The predicted octanol–water partition coefficient (Wildman–Crippen LogP) is -0.0144. The summed E-state index contributed by atoms with van der Waals surface area (Å²) in [6.07, 6.45) is 0.788. The largest absolute Gasteiger partial charge is 0.385 e. The van der Waals surface area contributed by atoms with E-state index in [1.54, 1.807) is 18.9 Å². The molecule has 0 aliphatic heterocycles. The van der Waals surface area contributed by atoms with Gasteiger partial charge in [-0.05, 0) is 27.2 Å². The Hall–Kier alpha value is -1.14. The van der Waals surface area contributed by atoms with Crippen LogP contribution in [0.15, 0.2) is 0 Å². The Labute approximate surface area is 115 Å². The summed E-state index contributed by atoms with van der Waals surface area (Å²) in [4.78, 5) is 25.2. The Kier molecular flexibility index (Phi) is 10.1. The van der Waals surface area contributed by atoms with Crippen LogP contribution in [-0.4, -0.2) is 62.7 Å². The third-order valence-corrected chi connectivity index (χ3v) is 2.86. The second kappa shape index (κ2) is 10.8. The molecule has 0 aromatic heterocycles. The lowest BCUT2D eigenvalue weighted by Gasteiger charge is -2.23. The fourth-order valence-electron chi connectivity index (χ4n) is 1.65. The van der Waals surface area contributed by atoms with E-state index in [9.17, 15) is 9.59 Å². The van der Waals surface area contributed by atoms with Crippen LogP contribution < -0.4 is 10.6 Å². The van der Waals surface area contributed by atoms with Crippen LogP contribution in [0.4, 0.5) is 0 Å². The van der Waals surface area contributed by atoms with E-state index in [0.717, 1.165) is 6.42 Å². The lowest BCUT2D eigenvalue weighted by molar-refractivity contribution is -0.132. The highest BCUT2D eigenvalue weighted by atomic mass is 16.5. The molecule has 0 aliphatic carbocycles. The molecule has 0 aromatic rings. The van der Waals surface area contributed by atoms with Gasteiger partial charge in [-0.2, -0.15) is 0 Å². The highest BCUT2D eigenvalue weighted by Gasteiger charge is 2.18. The summed E-state index contributed by atoms with van der Waals surface area (Å²) in [5.74, 6) is -0.0764. The van der Waals surface area contributed by atoms with Gasteiger partial charge < -0.3 is 15.0 Å². The Balaban J connectivity index is 3.85. The quantitative estimate of drug-likeness (QED) is 0.549. The summed E-state index contributed by atoms with van der Waals surface area (Å²) in [6.45, 7) is 8.40. The molecule has 1 atom stereocenters. The summed E-state index contributed by atoms with van der Waals surface area (Å²) < 4.78 is 4.89. The van der Waals surface area contributed by atoms with Gasteiger partial charge in [-0.3, -0.25) is 14.9 Å². The molecule has 0 spiro atoms. The van der Waals surface area contributed by atoms with Gasteiger partial charge in [0.1, 0.15) is 0 Å². The van der Waals surface area contributed by atoms with Crippen LogP contribution in [0.1, 0.15) is 27.2 Å². The first kappa shape index (κ1) is 17.9. The van der Waals surface area contributed by atoms with E-state index in [4.69, 9.17) is 4.74 Å². The molecular weight excluding hydrogens is 246 g/mol. The van der Waals surface area contributed by atoms with Crippen LogP contribution in [-0.2, 0) is 14.3 Å². The Morgan fingerprint density at radius 3 is 2.42 bits per heavy atom. The van der Waals surface area contributed by atoms with Crippen molar-refractivity contribution in [2.75, 3.05) is 39.9 Å². The topological polar surface area (TPSA) is 70.7 Å². The number of rotatable bonds is 10. The zero-order chi connectivity index (χ0) is 14.7. The van der Waals surface area contributed by atoms with E-state index in [1.807, 2.05) is 13.8 Å². The van der Waals surface area contributed by atoms with E-state index >= 15 is 0 Å². The Bertz CT molecular complexity index is 268. The maximum atomic E-state index is 11.9. The number of hydrogen-bond acceptors (Lipinski definition) is 4. The molecule has 0 rings (SSSR count). The smallest absolute Gasteiger partial charge is 0.239 e. The van der Waals surface area contributed by atoms with Crippen LogP contribution in [0.3, 0.4) is 0 Å². The first-order valence-corrected chi connectivity index (χ1v) is 6.84. The van der Waals surface area contributed by atoms with Crippen LogP contribution in [0.5, 0.6) is 0 Å². The van der Waals surface area contributed by atoms with E-state index in [2.05, 4.69) is 10.6 Å². The summed E-state index contributed by atoms with van der Waals surface area (Å²) in [5.41, 5.74) is 0. The van der Waals surface area contributed by atoms with Gasteiger partial charge in [0.25, 0.3) is 0 Å². The molecule has 19 heavy (non-hydrogen) atoms. The molecule has 6 heteroatoms. The van der Waals surface area contributed by atoms with Crippen molar-refractivity contribution in [2.24, 2.45) is 0 Å². The number of nitrogens with zero attached hydrogens (tertiary/aromatic N) is 1. The third-order valence-electron chi connectivity index (χ3n) is 2.86. The zero-order valence-electron chi connectivity index (χ0n) is 12.5. The number of likely N-dealkylation sites (N-methyl/N-ethyl adjacent to an activating group) is 1. The van der Waals surface area contributed by atoms with Crippen molar-refractivity contribution in [3.05, 3.63) is 0 Å². The lowest BCUT2D eigenvalue weighted by atomic mass is 10.2. The highest BCUT2D eigenvalue weighted by Crippen LogP contribution is 1.94. The van der Waals surface area contributed by atoms with Crippen molar-refractivity contribution in [1.82, 2.24) is 15.5 Å².